The Labute approximate surface area is 252 Å². The molecule has 1 saturated carbocycles. The van der Waals surface area contributed by atoms with Gasteiger partial charge >= 0.3 is 19.4 Å². The Hall–Kier alpha value is -2.54. The van der Waals surface area contributed by atoms with E-state index in [-0.39, 0.29) is 36.4 Å². The molecule has 1 aliphatic carbocycles. The van der Waals surface area contributed by atoms with E-state index in [1.807, 2.05) is 0 Å². The Morgan fingerprint density at radius 3 is 2.62 bits per heavy atom. The van der Waals surface area contributed by atoms with Crippen LogP contribution in [-0.4, -0.2) is 51.6 Å². The van der Waals surface area contributed by atoms with Crippen LogP contribution >= 0.6 is 23.7 Å². The number of para-hydroxylation sites is 1. The zero-order chi connectivity index (χ0) is 30.3. The van der Waals surface area contributed by atoms with E-state index in [4.69, 9.17) is 18.5 Å². The number of H-pyrrole nitrogens is 1. The number of benzene rings is 1. The molecular weight excluding hydrogens is 633 g/mol. The quantitative estimate of drug-likeness (QED) is 0.220. The summed E-state index contributed by atoms with van der Waals surface area (Å²) in [6.07, 6.45) is 4.27. The molecule has 1 aromatic heterocycles. The van der Waals surface area contributed by atoms with Gasteiger partial charge in [-0.05, 0) is 54.8 Å². The average Bonchev–Trinajstić information content (AvgIpc) is 3.33. The number of nitrogens with zero attached hydrogens (tertiary/aromatic N) is 1. The first-order chi connectivity index (χ1) is 20.1. The lowest BCUT2D eigenvalue weighted by Gasteiger charge is -2.29. The number of aliphatic hydroxyl groups is 1. The van der Waals surface area contributed by atoms with E-state index < -0.39 is 49.4 Å². The van der Waals surface area contributed by atoms with Crippen molar-refractivity contribution in [3.05, 3.63) is 67.9 Å². The molecule has 1 aromatic carbocycles. The fraction of sp³-hybridized carbons (Fsp3) is 0.536. The van der Waals surface area contributed by atoms with E-state index in [9.17, 15) is 24.1 Å². The van der Waals surface area contributed by atoms with E-state index >= 15 is 0 Å². The van der Waals surface area contributed by atoms with E-state index in [2.05, 4.69) is 26.0 Å². The Morgan fingerprint density at radius 2 is 1.95 bits per heavy atom. The van der Waals surface area contributed by atoms with Crippen molar-refractivity contribution in [1.29, 1.82) is 0 Å². The van der Waals surface area contributed by atoms with Gasteiger partial charge in [0.25, 0.3) is 5.56 Å². The number of carbonyl (C=O) groups is 1. The summed E-state index contributed by atoms with van der Waals surface area (Å²) >= 11 is 3.11. The monoisotopic (exact) mass is 669 g/mol. The molecular formula is C28H37BrN3O9P. The molecule has 42 heavy (non-hydrogen) atoms. The first kappa shape index (κ1) is 32.4. The normalized spacial score (nSPS) is 23.6. The largest absolute Gasteiger partial charge is 0.461 e. The molecule has 1 saturated heterocycles. The molecule has 0 bridgehead atoms. The maximum atomic E-state index is 14.1. The minimum absolute atomic E-state index is 0.0110. The summed E-state index contributed by atoms with van der Waals surface area (Å²) in [7, 11) is -4.23. The lowest BCUT2D eigenvalue weighted by molar-refractivity contribution is -0.153. The van der Waals surface area contributed by atoms with Gasteiger partial charge in [0, 0.05) is 12.6 Å². The average molecular weight is 670 g/mol. The molecule has 12 nitrogen and oxygen atoms in total. The van der Waals surface area contributed by atoms with Gasteiger partial charge in [0.05, 0.1) is 18.3 Å². The lowest BCUT2D eigenvalue weighted by Crippen LogP contribution is -2.43. The minimum atomic E-state index is -4.23. The van der Waals surface area contributed by atoms with Gasteiger partial charge in [-0.2, -0.15) is 5.09 Å². The van der Waals surface area contributed by atoms with Crippen LogP contribution in [0.3, 0.4) is 0 Å². The van der Waals surface area contributed by atoms with Crippen molar-refractivity contribution in [3.8, 4) is 5.75 Å². The van der Waals surface area contributed by atoms with Crippen LogP contribution < -0.4 is 20.9 Å². The van der Waals surface area contributed by atoms with Crippen molar-refractivity contribution in [2.24, 2.45) is 5.92 Å². The summed E-state index contributed by atoms with van der Waals surface area (Å²) in [4.78, 5) is 41.4. The molecule has 230 valence electrons. The molecule has 0 spiro atoms. The molecule has 0 amide bonds. The SMILES string of the molecule is CC(C)[C@H](NP(=O)(OC[C@H]1O[C@@H](n2cc(/C=C/Br)c(=O)[nH]c2=O)C[C@@H]1O)Oc1ccccc1)C(=O)OC1CCCCC1. The number of nitrogens with one attached hydrogen (secondary N) is 2. The Morgan fingerprint density at radius 1 is 1.24 bits per heavy atom. The summed E-state index contributed by atoms with van der Waals surface area (Å²) in [6, 6.07) is 7.37. The van der Waals surface area contributed by atoms with Crippen molar-refractivity contribution in [2.45, 2.75) is 83.0 Å². The maximum absolute atomic E-state index is 14.1. The van der Waals surface area contributed by atoms with E-state index in [1.54, 1.807) is 44.2 Å². The van der Waals surface area contributed by atoms with Gasteiger partial charge in [-0.3, -0.25) is 23.7 Å². The highest BCUT2D eigenvalue weighted by Crippen LogP contribution is 2.46. The van der Waals surface area contributed by atoms with Crippen LogP contribution in [0.15, 0.2) is 51.1 Å². The van der Waals surface area contributed by atoms with Gasteiger partial charge in [-0.1, -0.05) is 54.4 Å². The molecule has 1 unspecified atom stereocenters. The van der Waals surface area contributed by atoms with Crippen molar-refractivity contribution in [3.63, 3.8) is 0 Å². The van der Waals surface area contributed by atoms with Crippen LogP contribution in [0.4, 0.5) is 0 Å². The standard InChI is InChI=1S/C28H37BrN3O9P/c1-18(2)25(27(35)39-20-9-5-3-6-10-20)31-42(37,41-21-11-7-4-8-12-21)38-17-23-22(33)15-24(40-23)32-16-19(13-14-29)26(34)30-28(32)36/h4,7-8,11-14,16,18,20,22-25,33H,3,5-6,9-10,15,17H2,1-2H3,(H,31,37)(H,30,34,36)/b14-13+/t22-,23+,24+,25-,42?/m0/s1. The number of esters is 1. The van der Waals surface area contributed by atoms with Gasteiger partial charge in [0.2, 0.25) is 0 Å². The molecule has 4 rings (SSSR count). The second-order valence-electron chi connectivity index (χ2n) is 10.7. The van der Waals surface area contributed by atoms with E-state index in [1.165, 1.54) is 21.8 Å². The number of carbonyl (C=O) groups excluding carboxylic acids is 1. The summed E-state index contributed by atoms with van der Waals surface area (Å²) in [5.41, 5.74) is -1.08. The van der Waals surface area contributed by atoms with Gasteiger partial charge in [0.1, 0.15) is 30.2 Å². The summed E-state index contributed by atoms with van der Waals surface area (Å²) < 4.78 is 38.5. The van der Waals surface area contributed by atoms with Crippen LogP contribution in [-0.2, 0) is 23.4 Å². The third-order valence-corrected chi connectivity index (χ3v) is 8.98. The summed E-state index contributed by atoms with van der Waals surface area (Å²) in [5.74, 6) is -0.611. The number of halogens is 1. The van der Waals surface area contributed by atoms with Gasteiger partial charge in [0.15, 0.2) is 0 Å². The lowest BCUT2D eigenvalue weighted by atomic mass is 9.97. The Balaban J connectivity index is 1.50. The molecule has 2 aromatic rings. The third kappa shape index (κ3) is 8.52. The van der Waals surface area contributed by atoms with Gasteiger partial charge in [-0.25, -0.2) is 9.36 Å². The third-order valence-electron chi connectivity index (χ3n) is 7.18. The van der Waals surface area contributed by atoms with Crippen LogP contribution in [0.1, 0.15) is 64.2 Å². The van der Waals surface area contributed by atoms with E-state index in [0.29, 0.717) is 0 Å². The molecule has 3 N–H and O–H groups in total. The molecule has 2 heterocycles. The fourth-order valence-electron chi connectivity index (χ4n) is 4.88. The molecule has 1 aliphatic heterocycles. The first-order valence-electron chi connectivity index (χ1n) is 14.0. The van der Waals surface area contributed by atoms with Crippen molar-refractivity contribution in [1.82, 2.24) is 14.6 Å². The number of hydrogen-bond acceptors (Lipinski definition) is 9. The molecule has 5 atom stereocenters. The van der Waals surface area contributed by atoms with Crippen LogP contribution in [0, 0.1) is 5.92 Å². The number of aliphatic hydroxyl groups excluding tert-OH is 1. The Kier molecular flexibility index (Phi) is 11.4. The highest BCUT2D eigenvalue weighted by molar-refractivity contribution is 9.11. The van der Waals surface area contributed by atoms with Gasteiger partial charge < -0.3 is 19.1 Å². The number of ether oxygens (including phenoxy) is 2. The van der Waals surface area contributed by atoms with Gasteiger partial charge in [-0.15, -0.1) is 0 Å². The topological polar surface area (TPSA) is 158 Å². The van der Waals surface area contributed by atoms with Crippen LogP contribution in [0.25, 0.3) is 6.08 Å². The first-order valence-corrected chi connectivity index (χ1v) is 16.5. The predicted octanol–water partition coefficient (Wildman–Crippen LogP) is 4.24. The maximum Gasteiger partial charge on any atom is 0.459 e. The molecule has 2 fully saturated rings. The van der Waals surface area contributed by atoms with Crippen molar-refractivity contribution >= 4 is 35.7 Å². The highest BCUT2D eigenvalue weighted by Gasteiger charge is 2.41. The zero-order valence-corrected chi connectivity index (χ0v) is 26.0. The predicted molar refractivity (Wildman–Crippen MR) is 159 cm³/mol. The number of aromatic nitrogens is 2. The summed E-state index contributed by atoms with van der Waals surface area (Å²) in [6.45, 7) is 3.20. The summed E-state index contributed by atoms with van der Waals surface area (Å²) in [5, 5.41) is 13.5. The van der Waals surface area contributed by atoms with E-state index in [0.717, 1.165) is 32.1 Å². The smallest absolute Gasteiger partial charge is 0.459 e. The molecule has 0 radical (unpaired) electrons. The zero-order valence-electron chi connectivity index (χ0n) is 23.5. The second-order valence-corrected chi connectivity index (χ2v) is 12.9. The van der Waals surface area contributed by atoms with Crippen molar-refractivity contribution < 1.29 is 33.0 Å². The molecule has 2 aliphatic rings. The molecule has 14 heteroatoms. The number of rotatable bonds is 12. The Bertz CT molecular complexity index is 1390. The number of hydrogen-bond donors (Lipinski definition) is 3. The van der Waals surface area contributed by atoms with Crippen LogP contribution in [0.2, 0.25) is 0 Å². The van der Waals surface area contributed by atoms with Crippen molar-refractivity contribution in [2.75, 3.05) is 6.61 Å². The second kappa shape index (κ2) is 14.8. The number of aromatic amines is 1. The highest BCUT2D eigenvalue weighted by atomic mass is 79.9. The fourth-order valence-corrected chi connectivity index (χ4v) is 6.84. The minimum Gasteiger partial charge on any atom is -0.461 e. The van der Waals surface area contributed by atoms with Crippen LogP contribution in [0.5, 0.6) is 5.75 Å².